The summed E-state index contributed by atoms with van der Waals surface area (Å²) in [5, 5.41) is 22.3. The zero-order chi connectivity index (χ0) is 12.4. The van der Waals surface area contributed by atoms with Gasteiger partial charge in [-0.05, 0) is 6.07 Å². The maximum Gasteiger partial charge on any atom is 0.358 e. The van der Waals surface area contributed by atoms with E-state index in [-0.39, 0.29) is 22.8 Å². The van der Waals surface area contributed by atoms with Crippen molar-refractivity contribution in [2.75, 3.05) is 0 Å². The lowest BCUT2D eigenvalue weighted by atomic mass is 10.2. The molecular formula is C9H5N3O5. The summed E-state index contributed by atoms with van der Waals surface area (Å²) in [4.78, 5) is 24.1. The molecule has 0 aliphatic carbocycles. The molecule has 2 aromatic rings. The molecule has 0 aliphatic rings. The molecule has 0 atom stereocenters. The van der Waals surface area contributed by atoms with Crippen molar-refractivity contribution in [3.8, 4) is 11.5 Å². The highest BCUT2D eigenvalue weighted by atomic mass is 16.6. The number of nitrogens with zero attached hydrogens (tertiary/aromatic N) is 3. The summed E-state index contributed by atoms with van der Waals surface area (Å²) >= 11 is 0. The molecule has 86 valence electrons. The van der Waals surface area contributed by atoms with Gasteiger partial charge in [0.15, 0.2) is 11.5 Å². The van der Waals surface area contributed by atoms with Crippen LogP contribution in [0.25, 0.3) is 11.5 Å². The van der Waals surface area contributed by atoms with E-state index in [1.165, 1.54) is 18.2 Å². The van der Waals surface area contributed by atoms with Gasteiger partial charge in [0.25, 0.3) is 5.69 Å². The predicted molar refractivity (Wildman–Crippen MR) is 53.3 cm³/mol. The summed E-state index contributed by atoms with van der Waals surface area (Å²) < 4.78 is 4.75. The molecule has 0 unspecified atom stereocenters. The van der Waals surface area contributed by atoms with Gasteiger partial charge in [-0.15, -0.1) is 0 Å². The number of pyridine rings is 1. The number of nitro groups is 1. The van der Waals surface area contributed by atoms with Gasteiger partial charge < -0.3 is 9.63 Å². The predicted octanol–water partition coefficient (Wildman–Crippen LogP) is 1.34. The van der Waals surface area contributed by atoms with Crippen molar-refractivity contribution in [1.82, 2.24) is 10.1 Å². The smallest absolute Gasteiger partial charge is 0.358 e. The van der Waals surface area contributed by atoms with Crippen LogP contribution >= 0.6 is 0 Å². The third kappa shape index (κ3) is 2.09. The summed E-state index contributed by atoms with van der Waals surface area (Å²) in [6, 6.07) is 3.78. The maximum atomic E-state index is 10.6. The van der Waals surface area contributed by atoms with E-state index in [0.717, 1.165) is 6.20 Å². The summed E-state index contributed by atoms with van der Waals surface area (Å²) in [5.74, 6) is -1.08. The van der Waals surface area contributed by atoms with Crippen LogP contribution in [0.5, 0.6) is 0 Å². The zero-order valence-electron chi connectivity index (χ0n) is 8.23. The first kappa shape index (κ1) is 10.7. The molecule has 2 heterocycles. The molecular weight excluding hydrogens is 230 g/mol. The molecule has 2 rings (SSSR count). The Kier molecular flexibility index (Phi) is 2.53. The Morgan fingerprint density at radius 2 is 2.24 bits per heavy atom. The third-order valence-corrected chi connectivity index (χ3v) is 1.94. The zero-order valence-corrected chi connectivity index (χ0v) is 8.23. The summed E-state index contributed by atoms with van der Waals surface area (Å²) in [5.41, 5.74) is -0.137. The van der Waals surface area contributed by atoms with Crippen LogP contribution in [0.2, 0.25) is 0 Å². The van der Waals surface area contributed by atoms with Gasteiger partial charge in [0.1, 0.15) is 11.9 Å². The second-order valence-corrected chi connectivity index (χ2v) is 3.04. The van der Waals surface area contributed by atoms with Crippen LogP contribution in [0.15, 0.2) is 28.9 Å². The molecule has 8 nitrogen and oxygen atoms in total. The van der Waals surface area contributed by atoms with E-state index in [1.807, 2.05) is 0 Å². The monoisotopic (exact) mass is 235 g/mol. The van der Waals surface area contributed by atoms with Gasteiger partial charge >= 0.3 is 5.97 Å². The molecule has 0 aliphatic heterocycles. The Labute approximate surface area is 93.6 Å². The fourth-order valence-corrected chi connectivity index (χ4v) is 1.14. The van der Waals surface area contributed by atoms with E-state index >= 15 is 0 Å². The second kappa shape index (κ2) is 4.00. The van der Waals surface area contributed by atoms with Crippen LogP contribution in [0.1, 0.15) is 10.5 Å². The largest absolute Gasteiger partial charge is 0.476 e. The Balaban J connectivity index is 2.33. The lowest BCUT2D eigenvalue weighted by Gasteiger charge is -1.93. The number of carbonyl (C=O) groups is 1. The van der Waals surface area contributed by atoms with Crippen LogP contribution in [0, 0.1) is 10.1 Å². The molecule has 2 aromatic heterocycles. The Morgan fingerprint density at radius 1 is 1.47 bits per heavy atom. The lowest BCUT2D eigenvalue weighted by molar-refractivity contribution is -0.385. The highest BCUT2D eigenvalue weighted by Gasteiger charge is 2.14. The van der Waals surface area contributed by atoms with Crippen LogP contribution < -0.4 is 0 Å². The Bertz CT molecular complexity index is 575. The van der Waals surface area contributed by atoms with Crippen molar-refractivity contribution in [2.45, 2.75) is 0 Å². The first-order chi connectivity index (χ1) is 8.08. The van der Waals surface area contributed by atoms with E-state index < -0.39 is 10.9 Å². The average molecular weight is 235 g/mol. The van der Waals surface area contributed by atoms with E-state index in [2.05, 4.69) is 10.1 Å². The summed E-state index contributed by atoms with van der Waals surface area (Å²) in [7, 11) is 0. The number of aromatic carboxylic acids is 1. The summed E-state index contributed by atoms with van der Waals surface area (Å²) in [6.07, 6.45) is 1.05. The molecule has 1 N–H and O–H groups in total. The number of carboxylic acid groups (broad SMARTS) is 1. The fourth-order valence-electron chi connectivity index (χ4n) is 1.14. The fraction of sp³-hybridized carbons (Fsp3) is 0. The Hall–Kier alpha value is -2.77. The number of hydrogen-bond donors (Lipinski definition) is 1. The van der Waals surface area contributed by atoms with Crippen LogP contribution in [-0.4, -0.2) is 26.1 Å². The van der Waals surface area contributed by atoms with Gasteiger partial charge in [0.2, 0.25) is 0 Å². The van der Waals surface area contributed by atoms with Gasteiger partial charge in [0.05, 0.1) is 4.92 Å². The molecule has 0 saturated heterocycles. The van der Waals surface area contributed by atoms with Gasteiger partial charge in [-0.25, -0.2) is 9.78 Å². The quantitative estimate of drug-likeness (QED) is 0.629. The Morgan fingerprint density at radius 3 is 2.71 bits per heavy atom. The number of rotatable bonds is 3. The van der Waals surface area contributed by atoms with Crippen LogP contribution in [0.3, 0.4) is 0 Å². The standard InChI is InChI=1S/C9H5N3O5/c13-9(14)7-3-8(17-11-7)6-2-1-5(4-10-6)12(15)16/h1-4H,(H,13,14). The van der Waals surface area contributed by atoms with E-state index in [1.54, 1.807) is 0 Å². The topological polar surface area (TPSA) is 119 Å². The van der Waals surface area contributed by atoms with Crippen LogP contribution in [0.4, 0.5) is 5.69 Å². The minimum absolute atomic E-state index is 0.136. The second-order valence-electron chi connectivity index (χ2n) is 3.04. The van der Waals surface area contributed by atoms with Crippen molar-refractivity contribution < 1.29 is 19.3 Å². The van der Waals surface area contributed by atoms with Gasteiger partial charge in [-0.3, -0.25) is 10.1 Å². The molecule has 0 aromatic carbocycles. The molecule has 0 fully saturated rings. The summed E-state index contributed by atoms with van der Waals surface area (Å²) in [6.45, 7) is 0. The molecule has 0 radical (unpaired) electrons. The average Bonchev–Trinajstić information content (AvgIpc) is 2.78. The number of aromatic nitrogens is 2. The lowest BCUT2D eigenvalue weighted by Crippen LogP contribution is -1.94. The van der Waals surface area contributed by atoms with Crippen molar-refractivity contribution in [2.24, 2.45) is 0 Å². The third-order valence-electron chi connectivity index (χ3n) is 1.94. The number of hydrogen-bond acceptors (Lipinski definition) is 6. The van der Waals surface area contributed by atoms with E-state index in [4.69, 9.17) is 9.63 Å². The van der Waals surface area contributed by atoms with Gasteiger partial charge in [0, 0.05) is 12.1 Å². The molecule has 0 bridgehead atoms. The van der Waals surface area contributed by atoms with Crippen molar-refractivity contribution in [3.63, 3.8) is 0 Å². The first-order valence-corrected chi connectivity index (χ1v) is 4.39. The SMILES string of the molecule is O=C(O)c1cc(-c2ccc([N+](=O)[O-])cn2)on1. The van der Waals surface area contributed by atoms with E-state index in [0.29, 0.717) is 0 Å². The van der Waals surface area contributed by atoms with E-state index in [9.17, 15) is 14.9 Å². The highest BCUT2D eigenvalue weighted by molar-refractivity contribution is 5.86. The minimum Gasteiger partial charge on any atom is -0.476 e. The highest BCUT2D eigenvalue weighted by Crippen LogP contribution is 2.20. The maximum absolute atomic E-state index is 10.6. The molecule has 0 saturated carbocycles. The van der Waals surface area contributed by atoms with Crippen molar-refractivity contribution in [3.05, 3.63) is 40.2 Å². The molecule has 17 heavy (non-hydrogen) atoms. The van der Waals surface area contributed by atoms with Crippen LogP contribution in [-0.2, 0) is 0 Å². The molecule has 0 amide bonds. The minimum atomic E-state index is -1.22. The van der Waals surface area contributed by atoms with Gasteiger partial charge in [-0.2, -0.15) is 0 Å². The molecule has 8 heteroatoms. The molecule has 0 spiro atoms. The van der Waals surface area contributed by atoms with Gasteiger partial charge in [-0.1, -0.05) is 5.16 Å². The van der Waals surface area contributed by atoms with Crippen molar-refractivity contribution in [1.29, 1.82) is 0 Å². The first-order valence-electron chi connectivity index (χ1n) is 4.39. The van der Waals surface area contributed by atoms with Crippen molar-refractivity contribution >= 4 is 11.7 Å². The number of carboxylic acids is 1. The normalized spacial score (nSPS) is 10.1.